The summed E-state index contributed by atoms with van der Waals surface area (Å²) in [7, 11) is 1.55. The maximum Gasteiger partial charge on any atom is 0.248 e. The number of piperidine rings is 1. The van der Waals surface area contributed by atoms with Gasteiger partial charge in [-0.1, -0.05) is 13.8 Å². The molecule has 0 N–H and O–H groups in total. The molecule has 0 bridgehead atoms. The highest BCUT2D eigenvalue weighted by molar-refractivity contribution is 5.77. The molecular weight excluding hydrogens is 318 g/mol. The van der Waals surface area contributed by atoms with Gasteiger partial charge in [0.1, 0.15) is 12.4 Å². The molecule has 2 aromatic heterocycles. The third kappa shape index (κ3) is 3.71. The molecule has 0 unspecified atom stereocenters. The number of hydrogen-bond donors (Lipinski definition) is 0. The van der Waals surface area contributed by atoms with Gasteiger partial charge in [0.05, 0.1) is 5.69 Å². The Kier molecular flexibility index (Phi) is 5.43. The van der Waals surface area contributed by atoms with Gasteiger partial charge >= 0.3 is 0 Å². The fourth-order valence-electron chi connectivity index (χ4n) is 3.38. The first kappa shape index (κ1) is 17.5. The van der Waals surface area contributed by atoms with Crippen LogP contribution < -0.4 is 0 Å². The van der Waals surface area contributed by atoms with Crippen LogP contribution in [0.15, 0.2) is 24.8 Å². The normalized spacial score (nSPS) is 17.9. The number of likely N-dealkylation sites (tertiary alicyclic amines) is 1. The number of aromatic nitrogens is 4. The third-order valence-corrected chi connectivity index (χ3v) is 4.55. The number of ether oxygens (including phenoxy) is 1. The minimum Gasteiger partial charge on any atom is -0.375 e. The predicted molar refractivity (Wildman–Crippen MR) is 93.7 cm³/mol. The van der Waals surface area contributed by atoms with Gasteiger partial charge in [0.15, 0.2) is 5.82 Å². The maximum atomic E-state index is 12.2. The minimum absolute atomic E-state index is 0.0307. The first-order valence-corrected chi connectivity index (χ1v) is 8.73. The second-order valence-electron chi connectivity index (χ2n) is 6.69. The number of methoxy groups -OCH3 is 1. The molecule has 1 atom stereocenters. The minimum atomic E-state index is 0.0307. The Hall–Kier alpha value is -2.28. The van der Waals surface area contributed by atoms with Crippen LogP contribution in [0.1, 0.15) is 50.0 Å². The van der Waals surface area contributed by atoms with Crippen LogP contribution in [0.25, 0.3) is 5.82 Å². The Morgan fingerprint density at radius 1 is 1.28 bits per heavy atom. The molecule has 134 valence electrons. The summed E-state index contributed by atoms with van der Waals surface area (Å²) in [5.41, 5.74) is 0.928. The predicted octanol–water partition coefficient (Wildman–Crippen LogP) is 2.14. The summed E-state index contributed by atoms with van der Waals surface area (Å²) < 4.78 is 7.01. The molecule has 3 rings (SSSR count). The van der Waals surface area contributed by atoms with Gasteiger partial charge in [-0.2, -0.15) is 0 Å². The van der Waals surface area contributed by atoms with Gasteiger partial charge in [-0.3, -0.25) is 14.3 Å². The van der Waals surface area contributed by atoms with Crippen LogP contribution in [0, 0.1) is 0 Å². The third-order valence-electron chi connectivity index (χ3n) is 4.55. The van der Waals surface area contributed by atoms with Gasteiger partial charge in [0, 0.05) is 56.8 Å². The van der Waals surface area contributed by atoms with Gasteiger partial charge in [-0.05, 0) is 12.8 Å². The van der Waals surface area contributed by atoms with Crippen molar-refractivity contribution in [3.05, 3.63) is 36.3 Å². The molecule has 0 radical (unpaired) electrons. The molecule has 7 nitrogen and oxygen atoms in total. The summed E-state index contributed by atoms with van der Waals surface area (Å²) in [4.78, 5) is 27.7. The smallest absolute Gasteiger partial charge is 0.248 e. The number of rotatable bonds is 5. The van der Waals surface area contributed by atoms with Gasteiger partial charge < -0.3 is 9.64 Å². The van der Waals surface area contributed by atoms with E-state index in [9.17, 15) is 4.79 Å². The zero-order valence-corrected chi connectivity index (χ0v) is 15.1. The quantitative estimate of drug-likeness (QED) is 0.831. The van der Waals surface area contributed by atoms with Gasteiger partial charge in [0.2, 0.25) is 5.91 Å². The van der Waals surface area contributed by atoms with E-state index in [1.807, 2.05) is 15.7 Å². The molecule has 0 aliphatic carbocycles. The van der Waals surface area contributed by atoms with Crippen molar-refractivity contribution in [2.24, 2.45) is 0 Å². The van der Waals surface area contributed by atoms with Crippen molar-refractivity contribution in [3.63, 3.8) is 0 Å². The Labute approximate surface area is 148 Å². The summed E-state index contributed by atoms with van der Waals surface area (Å²) >= 11 is 0. The van der Waals surface area contributed by atoms with Crippen LogP contribution in [0.2, 0.25) is 0 Å². The molecule has 25 heavy (non-hydrogen) atoms. The Balaban J connectivity index is 1.90. The molecule has 2 aromatic rings. The topological polar surface area (TPSA) is 73.1 Å². The number of nitrogens with zero attached hydrogens (tertiary/aromatic N) is 5. The van der Waals surface area contributed by atoms with Crippen molar-refractivity contribution in [1.82, 2.24) is 24.4 Å². The highest BCUT2D eigenvalue weighted by Crippen LogP contribution is 2.29. The second-order valence-corrected chi connectivity index (χ2v) is 6.69. The van der Waals surface area contributed by atoms with Crippen molar-refractivity contribution in [2.75, 3.05) is 26.8 Å². The molecule has 0 spiro atoms. The number of carbonyl (C=O) groups is 1. The van der Waals surface area contributed by atoms with E-state index in [-0.39, 0.29) is 24.3 Å². The summed E-state index contributed by atoms with van der Waals surface area (Å²) in [6.45, 7) is 5.77. The van der Waals surface area contributed by atoms with Crippen LogP contribution in [0.5, 0.6) is 0 Å². The van der Waals surface area contributed by atoms with Crippen LogP contribution in [-0.4, -0.2) is 57.1 Å². The maximum absolute atomic E-state index is 12.2. The lowest BCUT2D eigenvalue weighted by Crippen LogP contribution is -2.41. The van der Waals surface area contributed by atoms with Crippen LogP contribution >= 0.6 is 0 Å². The van der Waals surface area contributed by atoms with Gasteiger partial charge in [0.25, 0.3) is 0 Å². The Morgan fingerprint density at radius 3 is 2.84 bits per heavy atom. The lowest BCUT2D eigenvalue weighted by atomic mass is 9.94. The molecule has 1 saturated heterocycles. The molecular formula is C18H25N5O2. The van der Waals surface area contributed by atoms with Crippen LogP contribution in [0.4, 0.5) is 0 Å². The summed E-state index contributed by atoms with van der Waals surface area (Å²) in [6.07, 6.45) is 9.11. The monoisotopic (exact) mass is 343 g/mol. The molecule has 1 aliphatic heterocycles. The average molecular weight is 343 g/mol. The van der Waals surface area contributed by atoms with E-state index in [4.69, 9.17) is 4.74 Å². The van der Waals surface area contributed by atoms with E-state index in [1.165, 1.54) is 0 Å². The van der Waals surface area contributed by atoms with Crippen LogP contribution in [-0.2, 0) is 9.53 Å². The lowest BCUT2D eigenvalue weighted by Gasteiger charge is -2.33. The molecule has 1 amide bonds. The average Bonchev–Trinajstić information content (AvgIpc) is 3.12. The van der Waals surface area contributed by atoms with Crippen molar-refractivity contribution < 1.29 is 9.53 Å². The van der Waals surface area contributed by atoms with E-state index in [0.29, 0.717) is 6.54 Å². The number of carbonyl (C=O) groups excluding carboxylic acids is 1. The summed E-state index contributed by atoms with van der Waals surface area (Å²) in [6, 6.07) is 0. The molecule has 0 aromatic carbocycles. The van der Waals surface area contributed by atoms with E-state index in [2.05, 4.69) is 28.8 Å². The molecule has 0 saturated carbocycles. The van der Waals surface area contributed by atoms with Crippen molar-refractivity contribution in [3.8, 4) is 5.82 Å². The zero-order valence-electron chi connectivity index (χ0n) is 15.1. The molecule has 1 fully saturated rings. The first-order valence-electron chi connectivity index (χ1n) is 8.73. The highest BCUT2D eigenvalue weighted by Gasteiger charge is 2.28. The number of amides is 1. The Morgan fingerprint density at radius 2 is 2.08 bits per heavy atom. The Bertz CT molecular complexity index is 728. The number of hydrogen-bond acceptors (Lipinski definition) is 5. The van der Waals surface area contributed by atoms with E-state index in [0.717, 1.165) is 36.7 Å². The van der Waals surface area contributed by atoms with E-state index >= 15 is 0 Å². The fraction of sp³-hybridized carbons (Fsp3) is 0.556. The summed E-state index contributed by atoms with van der Waals surface area (Å²) in [5.74, 6) is 2.26. The molecule has 1 aliphatic rings. The summed E-state index contributed by atoms with van der Waals surface area (Å²) in [5, 5.41) is 0. The number of imidazole rings is 1. The molecule has 7 heteroatoms. The molecule has 3 heterocycles. The van der Waals surface area contributed by atoms with Crippen LogP contribution in [0.3, 0.4) is 0 Å². The van der Waals surface area contributed by atoms with Crippen molar-refractivity contribution >= 4 is 5.91 Å². The second kappa shape index (κ2) is 7.74. The van der Waals surface area contributed by atoms with Crippen molar-refractivity contribution in [1.29, 1.82) is 0 Å². The van der Waals surface area contributed by atoms with E-state index < -0.39 is 0 Å². The van der Waals surface area contributed by atoms with Crippen molar-refractivity contribution in [2.45, 2.75) is 38.5 Å². The zero-order chi connectivity index (χ0) is 17.8. The van der Waals surface area contributed by atoms with E-state index in [1.54, 1.807) is 25.7 Å². The fourth-order valence-corrected chi connectivity index (χ4v) is 3.38. The lowest BCUT2D eigenvalue weighted by molar-refractivity contribution is -0.136. The standard InChI is InChI=1S/C18H25N5O2/c1-13(2)17-21-8-10-23(17)18-16(19-6-7-20-18)14-5-4-9-22(11-14)15(24)12-25-3/h6-8,10,13-14H,4-5,9,11-12H2,1-3H3/t14-/m1/s1. The van der Waals surface area contributed by atoms with Gasteiger partial charge in [-0.25, -0.2) is 9.97 Å². The SMILES string of the molecule is COCC(=O)N1CCC[C@@H](c2nccnc2-n2ccnc2C(C)C)C1. The highest BCUT2D eigenvalue weighted by atomic mass is 16.5. The first-order chi connectivity index (χ1) is 12.1. The van der Waals surface area contributed by atoms with Gasteiger partial charge in [-0.15, -0.1) is 0 Å². The largest absolute Gasteiger partial charge is 0.375 e.